The van der Waals surface area contributed by atoms with E-state index in [2.05, 4.69) is 5.32 Å². The molecule has 1 aliphatic heterocycles. The molecule has 1 N–H and O–H groups in total. The Hall–Kier alpha value is -1.77. The van der Waals surface area contributed by atoms with Crippen molar-refractivity contribution in [3.63, 3.8) is 0 Å². The summed E-state index contributed by atoms with van der Waals surface area (Å²) >= 11 is 0. The first kappa shape index (κ1) is 17.6. The highest BCUT2D eigenvalue weighted by molar-refractivity contribution is 5.94. The van der Waals surface area contributed by atoms with Crippen LogP contribution < -0.4 is 5.32 Å². The molecule has 9 heteroatoms. The molecule has 1 heterocycles. The van der Waals surface area contributed by atoms with E-state index < -0.39 is 35.0 Å². The van der Waals surface area contributed by atoms with Gasteiger partial charge in [0.15, 0.2) is 0 Å². The second kappa shape index (κ2) is 6.38. The predicted molar refractivity (Wildman–Crippen MR) is 69.8 cm³/mol. The molecule has 3 nitrogen and oxygen atoms in total. The van der Waals surface area contributed by atoms with Gasteiger partial charge < -0.3 is 10.2 Å². The van der Waals surface area contributed by atoms with Crippen molar-refractivity contribution in [3.8, 4) is 0 Å². The van der Waals surface area contributed by atoms with Crippen molar-refractivity contribution in [2.45, 2.75) is 18.8 Å². The summed E-state index contributed by atoms with van der Waals surface area (Å²) in [5.41, 5.74) is -3.57. The molecule has 0 saturated carbocycles. The number of carbonyl (C=O) groups is 1. The number of amides is 1. The lowest BCUT2D eigenvalue weighted by atomic mass is 10.0. The summed E-state index contributed by atoms with van der Waals surface area (Å²) in [6, 6.07) is 0.951. The summed E-state index contributed by atoms with van der Waals surface area (Å²) in [7, 11) is 0. The van der Waals surface area contributed by atoms with E-state index in [1.54, 1.807) is 0 Å². The fourth-order valence-corrected chi connectivity index (χ4v) is 2.31. The predicted octanol–water partition coefficient (Wildman–Crippen LogP) is 3.16. The fourth-order valence-electron chi connectivity index (χ4n) is 2.31. The zero-order chi connectivity index (χ0) is 17.3. The van der Waals surface area contributed by atoms with Crippen LogP contribution in [0.25, 0.3) is 0 Å². The van der Waals surface area contributed by atoms with E-state index in [-0.39, 0.29) is 19.2 Å². The average Bonchev–Trinajstić information content (AvgIpc) is 2.73. The smallest absolute Gasteiger partial charge is 0.337 e. The number of benzene rings is 1. The molecule has 0 radical (unpaired) electrons. The van der Waals surface area contributed by atoms with Gasteiger partial charge in [0.1, 0.15) is 0 Å². The average molecular weight is 340 g/mol. The van der Waals surface area contributed by atoms with Gasteiger partial charge in [-0.1, -0.05) is 0 Å². The molecule has 1 aromatic carbocycles. The molecule has 0 unspecified atom stereocenters. The third-order valence-corrected chi connectivity index (χ3v) is 3.46. The number of carbonyl (C=O) groups excluding carboxylic acids is 1. The van der Waals surface area contributed by atoms with Gasteiger partial charge in [0.25, 0.3) is 5.91 Å². The lowest BCUT2D eigenvalue weighted by molar-refractivity contribution is -0.143. The maximum atomic E-state index is 12.8. The Balaban J connectivity index is 2.42. The third-order valence-electron chi connectivity index (χ3n) is 3.46. The Labute approximate surface area is 128 Å². The molecule has 0 aromatic heterocycles. The Morgan fingerprint density at radius 1 is 0.913 bits per heavy atom. The van der Waals surface area contributed by atoms with Gasteiger partial charge in [0.2, 0.25) is 0 Å². The van der Waals surface area contributed by atoms with Crippen molar-refractivity contribution in [3.05, 3.63) is 34.9 Å². The van der Waals surface area contributed by atoms with Gasteiger partial charge in [-0.2, -0.15) is 26.3 Å². The Kier molecular flexibility index (Phi) is 4.88. The summed E-state index contributed by atoms with van der Waals surface area (Å²) in [5.74, 6) is -0.828. The van der Waals surface area contributed by atoms with Crippen LogP contribution in [0.15, 0.2) is 18.2 Å². The maximum Gasteiger partial charge on any atom is 0.416 e. The van der Waals surface area contributed by atoms with E-state index in [4.69, 9.17) is 0 Å². The van der Waals surface area contributed by atoms with E-state index >= 15 is 0 Å². The number of rotatable bonds is 1. The largest absolute Gasteiger partial charge is 0.416 e. The highest BCUT2D eigenvalue weighted by Gasteiger charge is 2.37. The summed E-state index contributed by atoms with van der Waals surface area (Å²) in [6.45, 7) is 1.59. The van der Waals surface area contributed by atoms with Gasteiger partial charge in [0.05, 0.1) is 11.1 Å². The zero-order valence-electron chi connectivity index (χ0n) is 11.9. The van der Waals surface area contributed by atoms with Crippen LogP contribution in [0.1, 0.15) is 27.9 Å². The molecule has 1 aliphatic rings. The van der Waals surface area contributed by atoms with Gasteiger partial charge in [-0.25, -0.2) is 0 Å². The molecule has 23 heavy (non-hydrogen) atoms. The molecule has 1 amide bonds. The van der Waals surface area contributed by atoms with Gasteiger partial charge in [-0.3, -0.25) is 4.79 Å². The number of hydrogen-bond acceptors (Lipinski definition) is 2. The highest BCUT2D eigenvalue weighted by atomic mass is 19.4. The van der Waals surface area contributed by atoms with Crippen molar-refractivity contribution in [1.82, 2.24) is 10.2 Å². The molecule has 128 valence electrons. The van der Waals surface area contributed by atoms with Gasteiger partial charge in [-0.15, -0.1) is 0 Å². The number of alkyl halides is 6. The molecule has 1 fully saturated rings. The van der Waals surface area contributed by atoms with Gasteiger partial charge in [-0.05, 0) is 31.2 Å². The lowest BCUT2D eigenvalue weighted by Crippen LogP contribution is -2.34. The molecular weight excluding hydrogens is 326 g/mol. The molecule has 0 aliphatic carbocycles. The van der Waals surface area contributed by atoms with E-state index in [1.165, 1.54) is 4.90 Å². The Morgan fingerprint density at radius 2 is 1.48 bits per heavy atom. The van der Waals surface area contributed by atoms with Crippen LogP contribution >= 0.6 is 0 Å². The minimum atomic E-state index is -4.96. The van der Waals surface area contributed by atoms with E-state index in [0.717, 1.165) is 0 Å². The van der Waals surface area contributed by atoms with Crippen LogP contribution in [0.4, 0.5) is 26.3 Å². The first-order valence-corrected chi connectivity index (χ1v) is 6.88. The second-order valence-corrected chi connectivity index (χ2v) is 5.19. The van der Waals surface area contributed by atoms with Gasteiger partial charge >= 0.3 is 12.4 Å². The zero-order valence-corrected chi connectivity index (χ0v) is 11.9. The van der Waals surface area contributed by atoms with E-state index in [1.807, 2.05) is 0 Å². The monoisotopic (exact) mass is 340 g/mol. The summed E-state index contributed by atoms with van der Waals surface area (Å²) < 4.78 is 76.8. The number of nitrogens with zero attached hydrogens (tertiary/aromatic N) is 1. The normalized spacial score (nSPS) is 17.0. The minimum absolute atomic E-state index is 0.0146. The molecule has 1 saturated heterocycles. The first-order valence-electron chi connectivity index (χ1n) is 6.88. The van der Waals surface area contributed by atoms with Crippen molar-refractivity contribution in [2.24, 2.45) is 0 Å². The van der Waals surface area contributed by atoms with Crippen molar-refractivity contribution in [2.75, 3.05) is 26.2 Å². The SMILES string of the molecule is O=C(c1cc(C(F)(F)F)cc(C(F)(F)F)c1)N1CCCNCC1. The highest BCUT2D eigenvalue weighted by Crippen LogP contribution is 2.36. The standard InChI is InChI=1S/C14H14F6N2O/c15-13(16,17)10-6-9(7-11(8-10)14(18,19)20)12(23)22-4-1-2-21-3-5-22/h6-8,21H,1-5H2. The maximum absolute atomic E-state index is 12.8. The lowest BCUT2D eigenvalue weighted by Gasteiger charge is -2.21. The van der Waals surface area contributed by atoms with Crippen LogP contribution in [0.3, 0.4) is 0 Å². The van der Waals surface area contributed by atoms with Crippen molar-refractivity contribution < 1.29 is 31.1 Å². The summed E-state index contributed by atoms with van der Waals surface area (Å²) in [5, 5.41) is 3.00. The second-order valence-electron chi connectivity index (χ2n) is 5.19. The summed E-state index contributed by atoms with van der Waals surface area (Å²) in [4.78, 5) is 13.5. The third kappa shape index (κ3) is 4.37. The number of hydrogen-bond donors (Lipinski definition) is 1. The molecular formula is C14H14F6N2O. The van der Waals surface area contributed by atoms with Crippen LogP contribution in [0, 0.1) is 0 Å². The van der Waals surface area contributed by atoms with Crippen LogP contribution in [-0.4, -0.2) is 37.0 Å². The van der Waals surface area contributed by atoms with E-state index in [9.17, 15) is 31.1 Å². The molecule has 0 bridgehead atoms. The van der Waals surface area contributed by atoms with Crippen LogP contribution in [0.2, 0.25) is 0 Å². The molecule has 0 atom stereocenters. The molecule has 2 rings (SSSR count). The van der Waals surface area contributed by atoms with Crippen LogP contribution in [0.5, 0.6) is 0 Å². The Morgan fingerprint density at radius 3 is 2.00 bits per heavy atom. The minimum Gasteiger partial charge on any atom is -0.337 e. The number of nitrogens with one attached hydrogen (secondary N) is 1. The van der Waals surface area contributed by atoms with E-state index in [0.29, 0.717) is 31.6 Å². The fraction of sp³-hybridized carbons (Fsp3) is 0.500. The molecule has 0 spiro atoms. The molecule has 1 aromatic rings. The first-order chi connectivity index (χ1) is 10.6. The van der Waals surface area contributed by atoms with Gasteiger partial charge in [0, 0.05) is 25.2 Å². The van der Waals surface area contributed by atoms with Crippen molar-refractivity contribution in [1.29, 1.82) is 0 Å². The quantitative estimate of drug-likeness (QED) is 0.797. The van der Waals surface area contributed by atoms with Crippen molar-refractivity contribution >= 4 is 5.91 Å². The topological polar surface area (TPSA) is 32.3 Å². The Bertz CT molecular complexity index is 541. The van der Waals surface area contributed by atoms with Crippen LogP contribution in [-0.2, 0) is 12.4 Å². The number of halogens is 6. The summed E-state index contributed by atoms with van der Waals surface area (Å²) in [6.07, 6.45) is -9.34.